The molecule has 0 aliphatic rings. The molecule has 2 aromatic carbocycles. The second-order valence-electron chi connectivity index (χ2n) is 6.09. The standard InChI is InChI=1S/C21H18BrClN2O/c1-14-18(10-11-20(24-14)15-7-5-8-17(22)12-15)21(26)25(2)13-16-6-3-4-9-19(16)23/h3-12H,13H2,1-2H3. The zero-order valence-electron chi connectivity index (χ0n) is 14.5. The largest absolute Gasteiger partial charge is 0.337 e. The number of hydrogen-bond donors (Lipinski definition) is 0. The lowest BCUT2D eigenvalue weighted by Crippen LogP contribution is -2.27. The fourth-order valence-corrected chi connectivity index (χ4v) is 3.35. The molecular weight excluding hydrogens is 412 g/mol. The highest BCUT2D eigenvalue weighted by molar-refractivity contribution is 9.10. The van der Waals surface area contributed by atoms with E-state index in [0.29, 0.717) is 22.8 Å². The Balaban J connectivity index is 1.82. The lowest BCUT2D eigenvalue weighted by molar-refractivity contribution is 0.0784. The molecule has 0 radical (unpaired) electrons. The molecule has 0 bridgehead atoms. The Bertz CT molecular complexity index is 958. The van der Waals surface area contributed by atoms with Crippen LogP contribution in [0.1, 0.15) is 21.6 Å². The molecule has 1 heterocycles. The summed E-state index contributed by atoms with van der Waals surface area (Å²) in [4.78, 5) is 19.1. The molecule has 132 valence electrons. The van der Waals surface area contributed by atoms with Gasteiger partial charge in [0, 0.05) is 28.7 Å². The summed E-state index contributed by atoms with van der Waals surface area (Å²) >= 11 is 9.67. The number of carbonyl (C=O) groups is 1. The summed E-state index contributed by atoms with van der Waals surface area (Å²) in [6, 6.07) is 19.2. The third kappa shape index (κ3) is 4.14. The Hall–Kier alpha value is -2.17. The molecule has 3 rings (SSSR count). The van der Waals surface area contributed by atoms with Gasteiger partial charge >= 0.3 is 0 Å². The van der Waals surface area contributed by atoms with Crippen LogP contribution < -0.4 is 0 Å². The maximum atomic E-state index is 12.8. The van der Waals surface area contributed by atoms with Crippen LogP contribution in [0.2, 0.25) is 5.02 Å². The van der Waals surface area contributed by atoms with E-state index in [9.17, 15) is 4.79 Å². The van der Waals surface area contributed by atoms with Crippen molar-refractivity contribution >= 4 is 33.4 Å². The number of hydrogen-bond acceptors (Lipinski definition) is 2. The molecule has 5 heteroatoms. The number of benzene rings is 2. The zero-order valence-corrected chi connectivity index (χ0v) is 16.9. The molecule has 0 spiro atoms. The number of halogens is 2. The fraction of sp³-hybridized carbons (Fsp3) is 0.143. The van der Waals surface area contributed by atoms with Crippen LogP contribution in [0.4, 0.5) is 0 Å². The molecule has 0 aliphatic carbocycles. The average Bonchev–Trinajstić information content (AvgIpc) is 2.63. The molecule has 3 aromatic rings. The minimum absolute atomic E-state index is 0.0734. The van der Waals surface area contributed by atoms with Crippen molar-refractivity contribution in [1.82, 2.24) is 9.88 Å². The summed E-state index contributed by atoms with van der Waals surface area (Å²) in [7, 11) is 1.77. The minimum atomic E-state index is -0.0734. The van der Waals surface area contributed by atoms with E-state index >= 15 is 0 Å². The SMILES string of the molecule is Cc1nc(-c2cccc(Br)c2)ccc1C(=O)N(C)Cc1ccccc1Cl. The third-order valence-electron chi connectivity index (χ3n) is 4.15. The summed E-state index contributed by atoms with van der Waals surface area (Å²) in [6.45, 7) is 2.31. The normalized spacial score (nSPS) is 10.6. The quantitative estimate of drug-likeness (QED) is 0.529. The third-order valence-corrected chi connectivity index (χ3v) is 5.01. The fourth-order valence-electron chi connectivity index (χ4n) is 2.76. The summed E-state index contributed by atoms with van der Waals surface area (Å²) in [6.07, 6.45) is 0. The van der Waals surface area contributed by atoms with Crippen molar-refractivity contribution in [3.63, 3.8) is 0 Å². The van der Waals surface area contributed by atoms with Gasteiger partial charge in [-0.05, 0) is 42.8 Å². The van der Waals surface area contributed by atoms with E-state index in [1.807, 2.05) is 67.6 Å². The zero-order chi connectivity index (χ0) is 18.7. The summed E-state index contributed by atoms with van der Waals surface area (Å²) in [5.41, 5.74) is 4.07. The molecule has 3 nitrogen and oxygen atoms in total. The Morgan fingerprint density at radius 2 is 1.88 bits per heavy atom. The van der Waals surface area contributed by atoms with Gasteiger partial charge in [0.25, 0.3) is 5.91 Å². The van der Waals surface area contributed by atoms with Crippen molar-refractivity contribution in [1.29, 1.82) is 0 Å². The Morgan fingerprint density at radius 3 is 2.58 bits per heavy atom. The number of aryl methyl sites for hydroxylation is 1. The Kier molecular flexibility index (Phi) is 5.74. The molecule has 0 saturated carbocycles. The minimum Gasteiger partial charge on any atom is -0.337 e. The monoisotopic (exact) mass is 428 g/mol. The highest BCUT2D eigenvalue weighted by atomic mass is 79.9. The van der Waals surface area contributed by atoms with E-state index in [1.165, 1.54) is 0 Å². The van der Waals surface area contributed by atoms with E-state index < -0.39 is 0 Å². The summed E-state index contributed by atoms with van der Waals surface area (Å²) < 4.78 is 0.995. The van der Waals surface area contributed by atoms with Crippen molar-refractivity contribution in [3.8, 4) is 11.3 Å². The van der Waals surface area contributed by atoms with E-state index in [2.05, 4.69) is 20.9 Å². The molecule has 1 amide bonds. The number of pyridine rings is 1. The van der Waals surface area contributed by atoms with Crippen LogP contribution in [0.15, 0.2) is 65.1 Å². The van der Waals surface area contributed by atoms with Gasteiger partial charge in [0.1, 0.15) is 0 Å². The van der Waals surface area contributed by atoms with Crippen molar-refractivity contribution in [3.05, 3.63) is 87.0 Å². The Labute approximate surface area is 166 Å². The van der Waals surface area contributed by atoms with Crippen molar-refractivity contribution in [2.24, 2.45) is 0 Å². The van der Waals surface area contributed by atoms with Crippen molar-refractivity contribution in [2.75, 3.05) is 7.05 Å². The highest BCUT2D eigenvalue weighted by Crippen LogP contribution is 2.23. The van der Waals surface area contributed by atoms with E-state index in [-0.39, 0.29) is 5.91 Å². The molecule has 0 fully saturated rings. The first-order valence-electron chi connectivity index (χ1n) is 8.18. The van der Waals surface area contributed by atoms with Gasteiger partial charge in [-0.3, -0.25) is 9.78 Å². The van der Waals surface area contributed by atoms with Crippen LogP contribution in [-0.4, -0.2) is 22.8 Å². The molecule has 1 aromatic heterocycles. The second kappa shape index (κ2) is 8.02. The lowest BCUT2D eigenvalue weighted by Gasteiger charge is -2.19. The van der Waals surface area contributed by atoms with Crippen LogP contribution in [0.3, 0.4) is 0 Å². The first kappa shape index (κ1) is 18.6. The molecule has 26 heavy (non-hydrogen) atoms. The molecule has 0 atom stereocenters. The highest BCUT2D eigenvalue weighted by Gasteiger charge is 2.17. The van der Waals surface area contributed by atoms with Gasteiger partial charge in [-0.25, -0.2) is 0 Å². The van der Waals surface area contributed by atoms with E-state index in [4.69, 9.17) is 11.6 Å². The molecule has 0 N–H and O–H groups in total. The topological polar surface area (TPSA) is 33.2 Å². The number of carbonyl (C=O) groups excluding carboxylic acids is 1. The number of nitrogens with zero attached hydrogens (tertiary/aromatic N) is 2. The second-order valence-corrected chi connectivity index (χ2v) is 7.42. The van der Waals surface area contributed by atoms with E-state index in [0.717, 1.165) is 21.3 Å². The predicted molar refractivity (Wildman–Crippen MR) is 109 cm³/mol. The Morgan fingerprint density at radius 1 is 1.12 bits per heavy atom. The molecule has 0 saturated heterocycles. The van der Waals surface area contributed by atoms with Crippen LogP contribution in [0.5, 0.6) is 0 Å². The van der Waals surface area contributed by atoms with Gasteiger partial charge in [-0.15, -0.1) is 0 Å². The number of aromatic nitrogens is 1. The van der Waals surface area contributed by atoms with Crippen molar-refractivity contribution in [2.45, 2.75) is 13.5 Å². The van der Waals surface area contributed by atoms with Gasteiger partial charge in [-0.1, -0.05) is 57.9 Å². The molecule has 0 unspecified atom stereocenters. The van der Waals surface area contributed by atoms with Crippen molar-refractivity contribution < 1.29 is 4.79 Å². The lowest BCUT2D eigenvalue weighted by atomic mass is 10.1. The molecule has 0 aliphatic heterocycles. The van der Waals surface area contributed by atoms with Gasteiger partial charge in [0.15, 0.2) is 0 Å². The molecular formula is C21H18BrClN2O. The predicted octanol–water partition coefficient (Wildman–Crippen LogP) is 5.75. The van der Waals surface area contributed by atoms with Gasteiger partial charge < -0.3 is 4.90 Å². The smallest absolute Gasteiger partial charge is 0.255 e. The summed E-state index contributed by atoms with van der Waals surface area (Å²) in [5, 5.41) is 0.659. The number of amides is 1. The number of rotatable bonds is 4. The van der Waals surface area contributed by atoms with Crippen LogP contribution in [-0.2, 0) is 6.54 Å². The van der Waals surface area contributed by atoms with E-state index in [1.54, 1.807) is 11.9 Å². The first-order chi connectivity index (χ1) is 12.5. The van der Waals surface area contributed by atoms with Crippen LogP contribution in [0.25, 0.3) is 11.3 Å². The maximum Gasteiger partial charge on any atom is 0.255 e. The van der Waals surface area contributed by atoms with Gasteiger partial charge in [-0.2, -0.15) is 0 Å². The van der Waals surface area contributed by atoms with Crippen LogP contribution >= 0.6 is 27.5 Å². The van der Waals surface area contributed by atoms with Gasteiger partial charge in [0.2, 0.25) is 0 Å². The van der Waals surface area contributed by atoms with Crippen LogP contribution in [0, 0.1) is 6.92 Å². The average molecular weight is 430 g/mol. The maximum absolute atomic E-state index is 12.8. The van der Waals surface area contributed by atoms with Gasteiger partial charge in [0.05, 0.1) is 17.0 Å². The first-order valence-corrected chi connectivity index (χ1v) is 9.35. The summed E-state index contributed by atoms with van der Waals surface area (Å²) in [5.74, 6) is -0.0734.